The third kappa shape index (κ3) is 5.68. The van der Waals surface area contributed by atoms with E-state index in [4.69, 9.17) is 14.2 Å². The second kappa shape index (κ2) is 9.52. The van der Waals surface area contributed by atoms with Crippen molar-refractivity contribution in [3.8, 4) is 17.2 Å². The Morgan fingerprint density at radius 1 is 0.960 bits per heavy atom. The van der Waals surface area contributed by atoms with Gasteiger partial charge < -0.3 is 14.2 Å². The van der Waals surface area contributed by atoms with E-state index in [2.05, 4.69) is 0 Å². The molecule has 0 radical (unpaired) electrons. The number of carbonyl (C=O) groups is 1. The number of para-hydroxylation sites is 1. The maximum atomic E-state index is 11.9. The summed E-state index contributed by atoms with van der Waals surface area (Å²) in [5.41, 5.74) is 1.96. The van der Waals surface area contributed by atoms with Crippen LogP contribution >= 0.6 is 0 Å². The molecule has 0 aromatic heterocycles. The second-order valence-corrected chi connectivity index (χ2v) is 5.44. The van der Waals surface area contributed by atoms with Crippen LogP contribution in [0.5, 0.6) is 17.2 Å². The van der Waals surface area contributed by atoms with Gasteiger partial charge in [0, 0.05) is 6.08 Å². The summed E-state index contributed by atoms with van der Waals surface area (Å²) in [6.45, 7) is 6.93. The molecule has 4 heteroatoms. The first-order valence-corrected chi connectivity index (χ1v) is 8.46. The summed E-state index contributed by atoms with van der Waals surface area (Å²) in [5, 5.41) is 0. The van der Waals surface area contributed by atoms with Crippen molar-refractivity contribution in [2.45, 2.75) is 27.2 Å². The highest BCUT2D eigenvalue weighted by Gasteiger charge is 2.06. The standard InChI is InChI=1S/C21H24O4/c1-4-23-19-14-13-17(15-20(19)24-5-2)10-8-12-21(22)25-18-11-7-6-9-16(18)3/h6-9,11-15H,4-5,10H2,1-3H3/b12-8+. The maximum Gasteiger partial charge on any atom is 0.335 e. The van der Waals surface area contributed by atoms with Gasteiger partial charge in [0.05, 0.1) is 13.2 Å². The summed E-state index contributed by atoms with van der Waals surface area (Å²) in [6.07, 6.45) is 3.84. The maximum absolute atomic E-state index is 11.9. The Kier molecular flexibility index (Phi) is 7.08. The number of benzene rings is 2. The van der Waals surface area contributed by atoms with Crippen LogP contribution in [-0.4, -0.2) is 19.2 Å². The van der Waals surface area contributed by atoms with Gasteiger partial charge in [0.25, 0.3) is 0 Å². The molecule has 0 amide bonds. The first-order valence-electron chi connectivity index (χ1n) is 8.46. The monoisotopic (exact) mass is 340 g/mol. The zero-order chi connectivity index (χ0) is 18.1. The highest BCUT2D eigenvalue weighted by atomic mass is 16.5. The largest absolute Gasteiger partial charge is 0.490 e. The number of hydrogen-bond donors (Lipinski definition) is 0. The van der Waals surface area contributed by atoms with E-state index in [9.17, 15) is 4.79 Å². The molecule has 0 spiro atoms. The van der Waals surface area contributed by atoms with Crippen LogP contribution in [0.4, 0.5) is 0 Å². The Morgan fingerprint density at radius 2 is 1.68 bits per heavy atom. The van der Waals surface area contributed by atoms with Crippen LogP contribution in [0.15, 0.2) is 54.6 Å². The van der Waals surface area contributed by atoms with Gasteiger partial charge in [0.1, 0.15) is 5.75 Å². The Bertz CT molecular complexity index is 734. The molecule has 0 saturated heterocycles. The third-order valence-electron chi connectivity index (χ3n) is 3.52. The fourth-order valence-corrected chi connectivity index (χ4v) is 2.33. The van der Waals surface area contributed by atoms with E-state index >= 15 is 0 Å². The number of rotatable bonds is 8. The fourth-order valence-electron chi connectivity index (χ4n) is 2.33. The van der Waals surface area contributed by atoms with E-state index in [0.717, 1.165) is 22.6 Å². The third-order valence-corrected chi connectivity index (χ3v) is 3.52. The normalized spacial score (nSPS) is 10.7. The first-order chi connectivity index (χ1) is 12.1. The van der Waals surface area contributed by atoms with E-state index < -0.39 is 0 Å². The van der Waals surface area contributed by atoms with Gasteiger partial charge in [-0.1, -0.05) is 30.3 Å². The smallest absolute Gasteiger partial charge is 0.335 e. The summed E-state index contributed by atoms with van der Waals surface area (Å²) in [5.74, 6) is 1.65. The summed E-state index contributed by atoms with van der Waals surface area (Å²) in [4.78, 5) is 11.9. The van der Waals surface area contributed by atoms with E-state index in [-0.39, 0.29) is 5.97 Å². The molecule has 0 atom stereocenters. The lowest BCUT2D eigenvalue weighted by molar-refractivity contribution is -0.129. The van der Waals surface area contributed by atoms with Crippen molar-refractivity contribution in [2.75, 3.05) is 13.2 Å². The Labute approximate surface area is 149 Å². The van der Waals surface area contributed by atoms with Crippen LogP contribution in [0.3, 0.4) is 0 Å². The van der Waals surface area contributed by atoms with Gasteiger partial charge in [0.15, 0.2) is 11.5 Å². The zero-order valence-electron chi connectivity index (χ0n) is 15.0. The van der Waals surface area contributed by atoms with Crippen molar-refractivity contribution in [1.82, 2.24) is 0 Å². The van der Waals surface area contributed by atoms with Gasteiger partial charge >= 0.3 is 5.97 Å². The van der Waals surface area contributed by atoms with E-state index in [0.29, 0.717) is 25.4 Å². The number of allylic oxidation sites excluding steroid dienone is 1. The number of carbonyl (C=O) groups excluding carboxylic acids is 1. The number of ether oxygens (including phenoxy) is 3. The molecule has 0 unspecified atom stereocenters. The molecule has 0 N–H and O–H groups in total. The van der Waals surface area contributed by atoms with Crippen LogP contribution in [0.1, 0.15) is 25.0 Å². The number of esters is 1. The molecule has 0 aliphatic rings. The average molecular weight is 340 g/mol. The Hall–Kier alpha value is -2.75. The van der Waals surface area contributed by atoms with Gasteiger partial charge in [-0.15, -0.1) is 0 Å². The predicted octanol–water partition coefficient (Wildman–Crippen LogP) is 4.50. The molecule has 4 nitrogen and oxygen atoms in total. The van der Waals surface area contributed by atoms with E-state index in [1.165, 1.54) is 6.08 Å². The Morgan fingerprint density at radius 3 is 2.40 bits per heavy atom. The highest BCUT2D eigenvalue weighted by molar-refractivity contribution is 5.84. The topological polar surface area (TPSA) is 44.8 Å². The molecule has 0 aliphatic heterocycles. The van der Waals surface area contributed by atoms with Crippen molar-refractivity contribution in [3.63, 3.8) is 0 Å². The molecule has 2 aromatic carbocycles. The van der Waals surface area contributed by atoms with Crippen LogP contribution in [0.25, 0.3) is 0 Å². The molecule has 0 fully saturated rings. The molecule has 0 bridgehead atoms. The van der Waals surface area contributed by atoms with Crippen molar-refractivity contribution in [1.29, 1.82) is 0 Å². The average Bonchev–Trinajstić information content (AvgIpc) is 2.59. The van der Waals surface area contributed by atoms with Gasteiger partial charge in [-0.05, 0) is 56.5 Å². The van der Waals surface area contributed by atoms with Gasteiger partial charge in [0.2, 0.25) is 0 Å². The molecule has 0 heterocycles. The van der Waals surface area contributed by atoms with Crippen LogP contribution < -0.4 is 14.2 Å². The predicted molar refractivity (Wildman–Crippen MR) is 98.4 cm³/mol. The summed E-state index contributed by atoms with van der Waals surface area (Å²) in [6, 6.07) is 13.2. The zero-order valence-corrected chi connectivity index (χ0v) is 15.0. The van der Waals surface area contributed by atoms with Gasteiger partial charge in [-0.25, -0.2) is 4.79 Å². The second-order valence-electron chi connectivity index (χ2n) is 5.44. The van der Waals surface area contributed by atoms with Crippen molar-refractivity contribution >= 4 is 5.97 Å². The minimum absolute atomic E-state index is 0.384. The van der Waals surface area contributed by atoms with Crippen LogP contribution in [0.2, 0.25) is 0 Å². The van der Waals surface area contributed by atoms with Crippen LogP contribution in [0, 0.1) is 6.92 Å². The van der Waals surface area contributed by atoms with Crippen molar-refractivity contribution in [2.24, 2.45) is 0 Å². The number of hydrogen-bond acceptors (Lipinski definition) is 4. The molecule has 25 heavy (non-hydrogen) atoms. The summed E-state index contributed by atoms with van der Waals surface area (Å²) >= 11 is 0. The first kappa shape index (κ1) is 18.6. The fraction of sp³-hybridized carbons (Fsp3) is 0.286. The molecular formula is C21H24O4. The summed E-state index contributed by atoms with van der Waals surface area (Å²) in [7, 11) is 0. The quantitative estimate of drug-likeness (QED) is 0.403. The van der Waals surface area contributed by atoms with Crippen molar-refractivity contribution < 1.29 is 19.0 Å². The minimum Gasteiger partial charge on any atom is -0.490 e. The minimum atomic E-state index is -0.384. The molecular weight excluding hydrogens is 316 g/mol. The molecule has 132 valence electrons. The van der Waals surface area contributed by atoms with Gasteiger partial charge in [-0.3, -0.25) is 0 Å². The molecule has 0 aliphatic carbocycles. The van der Waals surface area contributed by atoms with E-state index in [1.807, 2.05) is 57.2 Å². The molecule has 2 aromatic rings. The van der Waals surface area contributed by atoms with Crippen molar-refractivity contribution in [3.05, 3.63) is 65.7 Å². The summed E-state index contributed by atoms with van der Waals surface area (Å²) < 4.78 is 16.5. The highest BCUT2D eigenvalue weighted by Crippen LogP contribution is 2.28. The lowest BCUT2D eigenvalue weighted by atomic mass is 10.1. The van der Waals surface area contributed by atoms with E-state index in [1.54, 1.807) is 12.1 Å². The molecule has 0 saturated carbocycles. The van der Waals surface area contributed by atoms with Crippen LogP contribution in [-0.2, 0) is 11.2 Å². The lowest BCUT2D eigenvalue weighted by Gasteiger charge is -2.11. The number of aryl methyl sites for hydroxylation is 1. The van der Waals surface area contributed by atoms with Gasteiger partial charge in [-0.2, -0.15) is 0 Å². The Balaban J connectivity index is 1.97. The molecule has 2 rings (SSSR count). The SMILES string of the molecule is CCOc1ccc(C/C=C/C(=O)Oc2ccccc2C)cc1OCC. The lowest BCUT2D eigenvalue weighted by Crippen LogP contribution is -2.05.